The number of anilines is 1. The van der Waals surface area contributed by atoms with Crippen molar-refractivity contribution in [3.63, 3.8) is 0 Å². The van der Waals surface area contributed by atoms with Gasteiger partial charge in [-0.25, -0.2) is 0 Å². The smallest absolute Gasteiger partial charge is 0.288 e. The molecular weight excluding hydrogens is 336 g/mol. The zero-order chi connectivity index (χ0) is 17.7. The Bertz CT molecular complexity index is 575. The number of piperidine rings is 1. The lowest BCUT2D eigenvalue weighted by Gasteiger charge is -2.34. The molecule has 132 valence electrons. The standard InChI is InChI=1S/C16H21F2N3O2S/c1-10(21-8-6-11(7-9-21)14(19)22)15(23)20-12-2-4-13(5-3-12)24-16(17)18/h2-5,10-11,16H,6-9H2,1H3,(H2,19,22)(H,20,23)/t10-/m0/s1. The normalized spacial score (nSPS) is 17.7. The van der Waals surface area contributed by atoms with Crippen molar-refractivity contribution < 1.29 is 18.4 Å². The van der Waals surface area contributed by atoms with E-state index in [1.807, 2.05) is 4.90 Å². The quantitative estimate of drug-likeness (QED) is 0.767. The van der Waals surface area contributed by atoms with Gasteiger partial charge in [-0.15, -0.1) is 0 Å². The number of rotatable bonds is 6. The molecule has 0 bridgehead atoms. The highest BCUT2D eigenvalue weighted by Gasteiger charge is 2.28. The molecule has 1 saturated heterocycles. The molecule has 2 amide bonds. The number of likely N-dealkylation sites (tertiary alicyclic amines) is 1. The zero-order valence-corrected chi connectivity index (χ0v) is 14.2. The number of primary amides is 1. The summed E-state index contributed by atoms with van der Waals surface area (Å²) in [6, 6.07) is 5.97. The number of amides is 2. The number of hydrogen-bond donors (Lipinski definition) is 2. The second-order valence-electron chi connectivity index (χ2n) is 5.78. The maximum Gasteiger partial charge on any atom is 0.288 e. The monoisotopic (exact) mass is 357 g/mol. The third-order valence-corrected chi connectivity index (χ3v) is 4.93. The molecule has 1 aliphatic heterocycles. The van der Waals surface area contributed by atoms with Gasteiger partial charge in [-0.05, 0) is 57.1 Å². The predicted molar refractivity (Wildman–Crippen MR) is 89.9 cm³/mol. The maximum absolute atomic E-state index is 12.3. The molecule has 1 fully saturated rings. The highest BCUT2D eigenvalue weighted by Crippen LogP contribution is 2.26. The van der Waals surface area contributed by atoms with E-state index in [2.05, 4.69) is 5.32 Å². The van der Waals surface area contributed by atoms with Crippen LogP contribution in [0.2, 0.25) is 0 Å². The molecule has 3 N–H and O–H groups in total. The van der Waals surface area contributed by atoms with E-state index < -0.39 is 5.76 Å². The molecule has 0 aliphatic carbocycles. The first-order chi connectivity index (χ1) is 11.4. The highest BCUT2D eigenvalue weighted by molar-refractivity contribution is 7.99. The van der Waals surface area contributed by atoms with E-state index in [-0.39, 0.29) is 23.8 Å². The molecule has 0 saturated carbocycles. The van der Waals surface area contributed by atoms with Gasteiger partial charge in [0, 0.05) is 16.5 Å². The molecule has 1 atom stereocenters. The second kappa shape index (κ2) is 8.43. The number of thioether (sulfide) groups is 1. The summed E-state index contributed by atoms with van der Waals surface area (Å²) in [6.45, 7) is 3.10. The number of alkyl halides is 2. The molecular formula is C16H21F2N3O2S. The predicted octanol–water partition coefficient (Wildman–Crippen LogP) is 2.53. The highest BCUT2D eigenvalue weighted by atomic mass is 32.2. The van der Waals surface area contributed by atoms with Crippen molar-refractivity contribution >= 4 is 29.3 Å². The van der Waals surface area contributed by atoms with Gasteiger partial charge < -0.3 is 11.1 Å². The summed E-state index contributed by atoms with van der Waals surface area (Å²) in [4.78, 5) is 26.0. The lowest BCUT2D eigenvalue weighted by Crippen LogP contribution is -2.47. The Labute approximate surface area is 144 Å². The van der Waals surface area contributed by atoms with Crippen LogP contribution in [0.3, 0.4) is 0 Å². The van der Waals surface area contributed by atoms with Gasteiger partial charge in [-0.2, -0.15) is 8.78 Å². The van der Waals surface area contributed by atoms with Crippen LogP contribution in [-0.4, -0.2) is 41.6 Å². The fourth-order valence-electron chi connectivity index (χ4n) is 2.70. The number of carbonyl (C=O) groups excluding carboxylic acids is 2. The SMILES string of the molecule is C[C@@H](C(=O)Nc1ccc(SC(F)F)cc1)N1CCC(C(N)=O)CC1. The van der Waals surface area contributed by atoms with Crippen molar-refractivity contribution in [3.05, 3.63) is 24.3 Å². The van der Waals surface area contributed by atoms with Crippen LogP contribution in [0.4, 0.5) is 14.5 Å². The number of carbonyl (C=O) groups is 2. The summed E-state index contributed by atoms with van der Waals surface area (Å²) in [5, 5.41) is 2.78. The Balaban J connectivity index is 1.86. The van der Waals surface area contributed by atoms with Crippen LogP contribution < -0.4 is 11.1 Å². The van der Waals surface area contributed by atoms with Crippen molar-refractivity contribution in [3.8, 4) is 0 Å². The molecule has 24 heavy (non-hydrogen) atoms. The first-order valence-corrected chi connectivity index (χ1v) is 8.64. The van der Waals surface area contributed by atoms with E-state index in [9.17, 15) is 18.4 Å². The summed E-state index contributed by atoms with van der Waals surface area (Å²) in [5.41, 5.74) is 5.87. The van der Waals surface area contributed by atoms with E-state index in [1.165, 1.54) is 0 Å². The molecule has 0 radical (unpaired) electrons. The number of halogens is 2. The summed E-state index contributed by atoms with van der Waals surface area (Å²) >= 11 is 0.465. The lowest BCUT2D eigenvalue weighted by molar-refractivity contribution is -0.124. The van der Waals surface area contributed by atoms with Gasteiger partial charge in [0.05, 0.1) is 6.04 Å². The number of benzene rings is 1. The molecule has 1 aromatic carbocycles. The van der Waals surface area contributed by atoms with Gasteiger partial charge in [-0.1, -0.05) is 11.8 Å². The molecule has 0 aromatic heterocycles. The summed E-state index contributed by atoms with van der Waals surface area (Å²) in [5.74, 6) is -3.03. The van der Waals surface area contributed by atoms with Crippen molar-refractivity contribution in [1.29, 1.82) is 0 Å². The van der Waals surface area contributed by atoms with Crippen LogP contribution in [-0.2, 0) is 9.59 Å². The largest absolute Gasteiger partial charge is 0.369 e. The van der Waals surface area contributed by atoms with Gasteiger partial charge in [0.1, 0.15) is 0 Å². The summed E-state index contributed by atoms with van der Waals surface area (Å²) < 4.78 is 24.6. The number of hydrogen-bond acceptors (Lipinski definition) is 4. The third kappa shape index (κ3) is 5.17. The average molecular weight is 357 g/mol. The Morgan fingerprint density at radius 1 is 1.25 bits per heavy atom. The number of nitrogens with two attached hydrogens (primary N) is 1. The van der Waals surface area contributed by atoms with Crippen molar-refractivity contribution in [1.82, 2.24) is 4.90 Å². The van der Waals surface area contributed by atoms with Crippen molar-refractivity contribution in [2.45, 2.75) is 36.5 Å². The maximum atomic E-state index is 12.3. The Morgan fingerprint density at radius 2 is 1.83 bits per heavy atom. The van der Waals surface area contributed by atoms with Gasteiger partial charge in [0.2, 0.25) is 11.8 Å². The Hall–Kier alpha value is -1.67. The van der Waals surface area contributed by atoms with Crippen molar-refractivity contribution in [2.24, 2.45) is 11.7 Å². The topological polar surface area (TPSA) is 75.4 Å². The molecule has 0 unspecified atom stereocenters. The van der Waals surface area contributed by atoms with Crippen LogP contribution >= 0.6 is 11.8 Å². The zero-order valence-electron chi connectivity index (χ0n) is 13.4. The van der Waals surface area contributed by atoms with E-state index in [0.29, 0.717) is 48.3 Å². The van der Waals surface area contributed by atoms with Gasteiger partial charge in [-0.3, -0.25) is 14.5 Å². The van der Waals surface area contributed by atoms with E-state index in [0.717, 1.165) is 0 Å². The first-order valence-electron chi connectivity index (χ1n) is 7.76. The number of nitrogens with zero attached hydrogens (tertiary/aromatic N) is 1. The molecule has 0 spiro atoms. The van der Waals surface area contributed by atoms with Gasteiger partial charge in [0.25, 0.3) is 5.76 Å². The van der Waals surface area contributed by atoms with Crippen LogP contribution in [0.15, 0.2) is 29.2 Å². The Morgan fingerprint density at radius 3 is 2.33 bits per heavy atom. The number of nitrogens with one attached hydrogen (secondary N) is 1. The van der Waals surface area contributed by atoms with E-state index in [1.54, 1.807) is 31.2 Å². The van der Waals surface area contributed by atoms with Gasteiger partial charge >= 0.3 is 0 Å². The van der Waals surface area contributed by atoms with Crippen LogP contribution in [0.5, 0.6) is 0 Å². The molecule has 1 aromatic rings. The third-order valence-electron chi connectivity index (χ3n) is 4.21. The van der Waals surface area contributed by atoms with Crippen LogP contribution in [0.1, 0.15) is 19.8 Å². The van der Waals surface area contributed by atoms with E-state index >= 15 is 0 Å². The summed E-state index contributed by atoms with van der Waals surface area (Å²) in [7, 11) is 0. The molecule has 8 heteroatoms. The lowest BCUT2D eigenvalue weighted by atomic mass is 9.95. The van der Waals surface area contributed by atoms with Crippen LogP contribution in [0, 0.1) is 5.92 Å². The minimum Gasteiger partial charge on any atom is -0.369 e. The average Bonchev–Trinajstić information content (AvgIpc) is 2.55. The van der Waals surface area contributed by atoms with Crippen LogP contribution in [0.25, 0.3) is 0 Å². The fraction of sp³-hybridized carbons (Fsp3) is 0.500. The first kappa shape index (κ1) is 18.7. The minimum atomic E-state index is -2.46. The van der Waals surface area contributed by atoms with Gasteiger partial charge in [0.15, 0.2) is 0 Å². The molecule has 1 heterocycles. The molecule has 2 rings (SSSR count). The molecule has 1 aliphatic rings. The van der Waals surface area contributed by atoms with E-state index in [4.69, 9.17) is 5.73 Å². The van der Waals surface area contributed by atoms with Crippen molar-refractivity contribution in [2.75, 3.05) is 18.4 Å². The fourth-order valence-corrected chi connectivity index (χ4v) is 3.20. The minimum absolute atomic E-state index is 0.114. The molecule has 5 nitrogen and oxygen atoms in total. The Kier molecular flexibility index (Phi) is 6.56. The summed E-state index contributed by atoms with van der Waals surface area (Å²) in [6.07, 6.45) is 1.32. The second-order valence-corrected chi connectivity index (χ2v) is 6.84.